The smallest absolute Gasteiger partial charge is 0.404 e. The Morgan fingerprint density at radius 2 is 2.47 bits per heavy atom. The number of nitrogen functional groups attached to an aromatic ring is 1. The second-order valence-corrected chi connectivity index (χ2v) is 4.46. The highest BCUT2D eigenvalue weighted by molar-refractivity contribution is 5.93. The molecular formula is C11H13N5O3. The number of hydrogen-bond donors (Lipinski definition) is 3. The molecule has 1 amide bonds. The van der Waals surface area contributed by atoms with Crippen LogP contribution in [0.5, 0.6) is 0 Å². The summed E-state index contributed by atoms with van der Waals surface area (Å²) in [6.07, 6.45) is 1.36. The zero-order valence-electron chi connectivity index (χ0n) is 10.0. The predicted octanol–water partition coefficient (Wildman–Crippen LogP) is 0.651. The fraction of sp³-hybridized carbons (Fsp3) is 0.364. The van der Waals surface area contributed by atoms with E-state index in [4.69, 9.17) is 15.4 Å². The summed E-state index contributed by atoms with van der Waals surface area (Å²) < 4.78 is 5.19. The maximum Gasteiger partial charge on any atom is 0.404 e. The van der Waals surface area contributed by atoms with E-state index in [-0.39, 0.29) is 6.04 Å². The first-order valence-electron chi connectivity index (χ1n) is 5.89. The molecule has 8 nitrogen and oxygen atoms in total. The summed E-state index contributed by atoms with van der Waals surface area (Å²) >= 11 is 0. The van der Waals surface area contributed by atoms with Crippen LogP contribution in [0, 0.1) is 0 Å². The normalized spacial score (nSPS) is 18.9. The number of hydrogen-bond acceptors (Lipinski definition) is 6. The van der Waals surface area contributed by atoms with Gasteiger partial charge in [0.15, 0.2) is 11.6 Å². The van der Waals surface area contributed by atoms with E-state index in [2.05, 4.69) is 15.5 Å². The van der Waals surface area contributed by atoms with Crippen LogP contribution in [0.25, 0.3) is 11.0 Å². The van der Waals surface area contributed by atoms with Gasteiger partial charge in [-0.2, -0.15) is 0 Å². The Balaban J connectivity index is 1.87. The number of anilines is 2. The van der Waals surface area contributed by atoms with E-state index >= 15 is 0 Å². The standard InChI is InChI=1S/C11H13N5O3/c12-9-7-1-3-13-10(8(7)19-15-9)16-4-2-6(5-16)14-11(17)18/h1,3,6,14H,2,4-5H2,(H2,12,15)(H,17,18). The minimum Gasteiger partial charge on any atom is -0.465 e. The van der Waals surface area contributed by atoms with Crippen molar-refractivity contribution in [3.05, 3.63) is 12.3 Å². The lowest BCUT2D eigenvalue weighted by Gasteiger charge is -2.16. The van der Waals surface area contributed by atoms with E-state index in [1.54, 1.807) is 12.3 Å². The largest absolute Gasteiger partial charge is 0.465 e. The summed E-state index contributed by atoms with van der Waals surface area (Å²) in [5.41, 5.74) is 6.23. The number of pyridine rings is 1. The number of nitrogens with two attached hydrogens (primary N) is 1. The first kappa shape index (κ1) is 11.6. The van der Waals surface area contributed by atoms with Crippen LogP contribution in [0.15, 0.2) is 16.8 Å². The highest BCUT2D eigenvalue weighted by Gasteiger charge is 2.27. The molecule has 1 aliphatic heterocycles. The van der Waals surface area contributed by atoms with Crippen LogP contribution in [0.3, 0.4) is 0 Å². The van der Waals surface area contributed by atoms with E-state index < -0.39 is 6.09 Å². The van der Waals surface area contributed by atoms with Crippen molar-refractivity contribution in [2.75, 3.05) is 23.7 Å². The number of amides is 1. The van der Waals surface area contributed by atoms with Gasteiger partial charge in [-0.1, -0.05) is 5.16 Å². The third-order valence-electron chi connectivity index (χ3n) is 3.21. The van der Waals surface area contributed by atoms with Crippen molar-refractivity contribution in [2.24, 2.45) is 0 Å². The maximum atomic E-state index is 10.6. The van der Waals surface area contributed by atoms with Gasteiger partial charge < -0.3 is 25.6 Å². The molecule has 1 saturated heterocycles. The van der Waals surface area contributed by atoms with Gasteiger partial charge in [-0.3, -0.25) is 0 Å². The molecule has 1 unspecified atom stereocenters. The number of nitrogens with one attached hydrogen (secondary N) is 1. The maximum absolute atomic E-state index is 10.6. The van der Waals surface area contributed by atoms with E-state index in [0.29, 0.717) is 30.3 Å². The zero-order chi connectivity index (χ0) is 13.4. The van der Waals surface area contributed by atoms with Gasteiger partial charge in [0.1, 0.15) is 0 Å². The van der Waals surface area contributed by atoms with Crippen molar-refractivity contribution in [1.29, 1.82) is 0 Å². The van der Waals surface area contributed by atoms with Crippen molar-refractivity contribution < 1.29 is 14.4 Å². The lowest BCUT2D eigenvalue weighted by atomic mass is 10.3. The Hall–Kier alpha value is -2.51. The van der Waals surface area contributed by atoms with Gasteiger partial charge >= 0.3 is 6.09 Å². The van der Waals surface area contributed by atoms with Crippen molar-refractivity contribution in [3.63, 3.8) is 0 Å². The minimum absolute atomic E-state index is 0.102. The van der Waals surface area contributed by atoms with Crippen LogP contribution < -0.4 is 16.0 Å². The lowest BCUT2D eigenvalue weighted by Crippen LogP contribution is -2.36. The van der Waals surface area contributed by atoms with Crippen LogP contribution in [-0.4, -0.2) is 40.5 Å². The molecule has 2 aromatic rings. The van der Waals surface area contributed by atoms with Gasteiger partial charge in [0.05, 0.1) is 11.4 Å². The Bertz CT molecular complexity index is 626. The second-order valence-electron chi connectivity index (χ2n) is 4.46. The SMILES string of the molecule is Nc1noc2c(N3CCC(NC(=O)O)C3)nccc12. The highest BCUT2D eigenvalue weighted by Crippen LogP contribution is 2.29. The molecule has 8 heteroatoms. The molecule has 1 aliphatic rings. The lowest BCUT2D eigenvalue weighted by molar-refractivity contribution is 0.191. The van der Waals surface area contributed by atoms with Gasteiger partial charge in [0, 0.05) is 19.3 Å². The average Bonchev–Trinajstić information content (AvgIpc) is 2.96. The molecule has 0 radical (unpaired) electrons. The van der Waals surface area contributed by atoms with E-state index in [1.807, 2.05) is 4.90 Å². The second kappa shape index (κ2) is 4.30. The third-order valence-corrected chi connectivity index (χ3v) is 3.21. The fourth-order valence-corrected chi connectivity index (χ4v) is 2.34. The Morgan fingerprint density at radius 1 is 1.63 bits per heavy atom. The average molecular weight is 263 g/mol. The molecule has 3 rings (SSSR count). The van der Waals surface area contributed by atoms with Crippen molar-refractivity contribution >= 4 is 28.7 Å². The minimum atomic E-state index is -1.01. The van der Waals surface area contributed by atoms with E-state index in [0.717, 1.165) is 11.8 Å². The zero-order valence-corrected chi connectivity index (χ0v) is 10.0. The van der Waals surface area contributed by atoms with Crippen molar-refractivity contribution in [2.45, 2.75) is 12.5 Å². The van der Waals surface area contributed by atoms with Gasteiger partial charge in [-0.25, -0.2) is 9.78 Å². The molecule has 1 atom stereocenters. The molecule has 0 bridgehead atoms. The number of nitrogens with zero attached hydrogens (tertiary/aromatic N) is 3. The van der Waals surface area contributed by atoms with Crippen molar-refractivity contribution in [3.8, 4) is 0 Å². The number of fused-ring (bicyclic) bond motifs is 1. The van der Waals surface area contributed by atoms with Gasteiger partial charge in [-0.05, 0) is 12.5 Å². The Kier molecular flexibility index (Phi) is 2.62. The third kappa shape index (κ3) is 2.01. The molecule has 0 saturated carbocycles. The van der Waals surface area contributed by atoms with Crippen LogP contribution in [0.4, 0.5) is 16.4 Å². The fourth-order valence-electron chi connectivity index (χ4n) is 2.34. The van der Waals surface area contributed by atoms with Crippen LogP contribution in [-0.2, 0) is 0 Å². The van der Waals surface area contributed by atoms with Crippen LogP contribution >= 0.6 is 0 Å². The van der Waals surface area contributed by atoms with Gasteiger partial charge in [0.2, 0.25) is 5.58 Å². The molecule has 2 aromatic heterocycles. The molecule has 100 valence electrons. The quantitative estimate of drug-likeness (QED) is 0.728. The van der Waals surface area contributed by atoms with Crippen LogP contribution in [0.2, 0.25) is 0 Å². The summed E-state index contributed by atoms with van der Waals surface area (Å²) in [6, 6.07) is 1.64. The number of rotatable bonds is 2. The Morgan fingerprint density at radius 3 is 3.26 bits per heavy atom. The molecule has 1 fully saturated rings. The summed E-state index contributed by atoms with van der Waals surface area (Å²) in [5, 5.41) is 15.6. The summed E-state index contributed by atoms with van der Waals surface area (Å²) in [7, 11) is 0. The van der Waals surface area contributed by atoms with E-state index in [1.165, 1.54) is 0 Å². The van der Waals surface area contributed by atoms with Gasteiger partial charge in [0.25, 0.3) is 0 Å². The molecule has 19 heavy (non-hydrogen) atoms. The highest BCUT2D eigenvalue weighted by atomic mass is 16.5. The molecule has 3 heterocycles. The van der Waals surface area contributed by atoms with Crippen LogP contribution in [0.1, 0.15) is 6.42 Å². The van der Waals surface area contributed by atoms with Gasteiger partial charge in [-0.15, -0.1) is 0 Å². The number of carbonyl (C=O) groups is 1. The number of aromatic nitrogens is 2. The topological polar surface area (TPSA) is 118 Å². The molecule has 0 aliphatic carbocycles. The molecular weight excluding hydrogens is 250 g/mol. The number of carboxylic acid groups (broad SMARTS) is 1. The summed E-state index contributed by atoms with van der Waals surface area (Å²) in [4.78, 5) is 16.9. The molecule has 4 N–H and O–H groups in total. The predicted molar refractivity (Wildman–Crippen MR) is 68.0 cm³/mol. The van der Waals surface area contributed by atoms with Crippen molar-refractivity contribution in [1.82, 2.24) is 15.5 Å². The molecule has 0 spiro atoms. The summed E-state index contributed by atoms with van der Waals surface area (Å²) in [5.74, 6) is 0.981. The Labute approximate surface area is 108 Å². The monoisotopic (exact) mass is 263 g/mol. The first-order chi connectivity index (χ1) is 9.15. The van der Waals surface area contributed by atoms with E-state index in [9.17, 15) is 4.79 Å². The molecule has 0 aromatic carbocycles. The first-order valence-corrected chi connectivity index (χ1v) is 5.89. The summed E-state index contributed by atoms with van der Waals surface area (Å²) in [6.45, 7) is 1.26.